The van der Waals surface area contributed by atoms with E-state index >= 15 is 0 Å². The van der Waals surface area contributed by atoms with E-state index in [9.17, 15) is 19.5 Å². The Bertz CT molecular complexity index is 587. The lowest BCUT2D eigenvalue weighted by atomic mass is 9.92. The van der Waals surface area contributed by atoms with E-state index < -0.39 is 30.0 Å². The maximum Gasteiger partial charge on any atom is 0.321 e. The smallest absolute Gasteiger partial charge is 0.321 e. The molecule has 0 aromatic heterocycles. The summed E-state index contributed by atoms with van der Waals surface area (Å²) in [6.45, 7) is 1.89. The molecule has 0 fully saturated rings. The lowest BCUT2D eigenvalue weighted by molar-refractivity contribution is -0.146. The van der Waals surface area contributed by atoms with Crippen molar-refractivity contribution in [3.63, 3.8) is 0 Å². The van der Waals surface area contributed by atoms with E-state index in [0.717, 1.165) is 11.1 Å². The summed E-state index contributed by atoms with van der Waals surface area (Å²) in [4.78, 5) is 35.7. The monoisotopic (exact) mass is 291 g/mol. The summed E-state index contributed by atoms with van der Waals surface area (Å²) in [5.41, 5.74) is 6.87. The molecule has 1 unspecified atom stereocenters. The van der Waals surface area contributed by atoms with E-state index in [1.54, 1.807) is 11.8 Å². The van der Waals surface area contributed by atoms with Crippen molar-refractivity contribution in [3.05, 3.63) is 35.4 Å². The number of amides is 3. The van der Waals surface area contributed by atoms with Crippen LogP contribution in [0.3, 0.4) is 0 Å². The number of primary amides is 1. The van der Waals surface area contributed by atoms with Crippen molar-refractivity contribution in [2.24, 2.45) is 5.73 Å². The molecule has 1 aliphatic rings. The van der Waals surface area contributed by atoms with Gasteiger partial charge < -0.3 is 10.8 Å². The van der Waals surface area contributed by atoms with E-state index in [2.05, 4.69) is 0 Å². The minimum atomic E-state index is -0.997. The molecule has 0 saturated heterocycles. The number of nitrogens with one attached hydrogen (secondary N) is 1. The molecule has 4 N–H and O–H groups in total. The number of hydrogen-bond donors (Lipinski definition) is 3. The molecule has 7 nitrogen and oxygen atoms in total. The Morgan fingerprint density at radius 2 is 1.95 bits per heavy atom. The fraction of sp³-hybridized carbons (Fsp3) is 0.357. The van der Waals surface area contributed by atoms with Crippen LogP contribution in [0.15, 0.2) is 24.3 Å². The first kappa shape index (κ1) is 15.0. The lowest BCUT2D eigenvalue weighted by Gasteiger charge is -2.37. The van der Waals surface area contributed by atoms with Gasteiger partial charge in [-0.05, 0) is 24.5 Å². The molecule has 1 heterocycles. The summed E-state index contributed by atoms with van der Waals surface area (Å²) < 4.78 is 0. The average Bonchev–Trinajstić information content (AvgIpc) is 2.44. The van der Waals surface area contributed by atoms with Gasteiger partial charge in [-0.15, -0.1) is 0 Å². The summed E-state index contributed by atoms with van der Waals surface area (Å²) in [6, 6.07) is 4.98. The van der Waals surface area contributed by atoms with Gasteiger partial charge in [0.05, 0.1) is 6.04 Å². The third-order valence-electron chi connectivity index (χ3n) is 3.69. The SMILES string of the molecule is CC(C(=O)NC(N)=O)N1Cc2ccccc2C[C@H]1C(=O)O. The Balaban J connectivity index is 2.26. The molecule has 1 aromatic rings. The summed E-state index contributed by atoms with van der Waals surface area (Å²) in [5, 5.41) is 11.4. The van der Waals surface area contributed by atoms with Crippen LogP contribution in [-0.4, -0.2) is 40.0 Å². The van der Waals surface area contributed by atoms with Crippen LogP contribution in [0.1, 0.15) is 18.1 Å². The number of nitrogens with zero attached hydrogens (tertiary/aromatic N) is 1. The Morgan fingerprint density at radius 3 is 2.52 bits per heavy atom. The predicted octanol–water partition coefficient (Wildman–Crippen LogP) is 0.0813. The number of imide groups is 1. The highest BCUT2D eigenvalue weighted by Crippen LogP contribution is 2.25. The van der Waals surface area contributed by atoms with Crippen LogP contribution in [0.25, 0.3) is 0 Å². The molecule has 7 heteroatoms. The van der Waals surface area contributed by atoms with Gasteiger partial charge in [0.2, 0.25) is 5.91 Å². The van der Waals surface area contributed by atoms with Gasteiger partial charge in [0, 0.05) is 6.54 Å². The van der Waals surface area contributed by atoms with Gasteiger partial charge in [0.15, 0.2) is 0 Å². The summed E-state index contributed by atoms with van der Waals surface area (Å²) >= 11 is 0. The fourth-order valence-electron chi connectivity index (χ4n) is 2.56. The first-order valence-corrected chi connectivity index (χ1v) is 6.55. The van der Waals surface area contributed by atoms with Crippen LogP contribution in [-0.2, 0) is 22.6 Å². The van der Waals surface area contributed by atoms with Gasteiger partial charge in [-0.2, -0.15) is 0 Å². The van der Waals surface area contributed by atoms with E-state index in [4.69, 9.17) is 5.73 Å². The van der Waals surface area contributed by atoms with Crippen LogP contribution in [0.2, 0.25) is 0 Å². The van der Waals surface area contributed by atoms with Crippen LogP contribution in [0.5, 0.6) is 0 Å². The topological polar surface area (TPSA) is 113 Å². The minimum absolute atomic E-state index is 0.319. The van der Waals surface area contributed by atoms with E-state index in [0.29, 0.717) is 13.0 Å². The van der Waals surface area contributed by atoms with Gasteiger partial charge in [-0.3, -0.25) is 19.8 Å². The molecular formula is C14H17N3O4. The van der Waals surface area contributed by atoms with Crippen molar-refractivity contribution in [3.8, 4) is 0 Å². The maximum atomic E-state index is 11.9. The summed E-state index contributed by atoms with van der Waals surface area (Å²) in [6.07, 6.45) is 0.319. The highest BCUT2D eigenvalue weighted by atomic mass is 16.4. The minimum Gasteiger partial charge on any atom is -0.480 e. The number of aliphatic carboxylic acids is 1. The Labute approximate surface area is 121 Å². The van der Waals surface area contributed by atoms with Crippen molar-refractivity contribution in [1.82, 2.24) is 10.2 Å². The first-order valence-electron chi connectivity index (χ1n) is 6.55. The molecule has 112 valence electrons. The van der Waals surface area contributed by atoms with Crippen molar-refractivity contribution in [2.75, 3.05) is 0 Å². The van der Waals surface area contributed by atoms with Gasteiger partial charge in [-0.1, -0.05) is 24.3 Å². The summed E-state index contributed by atoms with van der Waals surface area (Å²) in [5.74, 6) is -1.60. The van der Waals surface area contributed by atoms with Crippen molar-refractivity contribution in [1.29, 1.82) is 0 Å². The average molecular weight is 291 g/mol. The first-order chi connectivity index (χ1) is 9.90. The zero-order valence-corrected chi connectivity index (χ0v) is 11.6. The normalized spacial score (nSPS) is 19.4. The number of fused-ring (bicyclic) bond motifs is 1. The molecule has 2 atom stereocenters. The zero-order chi connectivity index (χ0) is 15.6. The number of hydrogen-bond acceptors (Lipinski definition) is 4. The predicted molar refractivity (Wildman–Crippen MR) is 74.3 cm³/mol. The van der Waals surface area contributed by atoms with Crippen LogP contribution >= 0.6 is 0 Å². The third kappa shape index (κ3) is 3.19. The number of carbonyl (C=O) groups is 3. The number of urea groups is 1. The largest absolute Gasteiger partial charge is 0.480 e. The molecule has 2 rings (SSSR count). The molecule has 0 bridgehead atoms. The standard InChI is InChI=1S/C14H17N3O4/c1-8(12(18)16-14(15)21)17-7-10-5-3-2-4-9(10)6-11(17)13(19)20/h2-5,8,11H,6-7H2,1H3,(H,19,20)(H3,15,16,18,21)/t8?,11-/m0/s1. The molecule has 0 aliphatic carbocycles. The second-order valence-corrected chi connectivity index (χ2v) is 5.03. The number of benzene rings is 1. The van der Waals surface area contributed by atoms with Crippen LogP contribution < -0.4 is 11.1 Å². The molecule has 1 aromatic carbocycles. The van der Waals surface area contributed by atoms with E-state index in [1.807, 2.05) is 29.6 Å². The fourth-order valence-corrected chi connectivity index (χ4v) is 2.56. The molecule has 0 saturated carbocycles. The number of nitrogens with two attached hydrogens (primary N) is 1. The maximum absolute atomic E-state index is 11.9. The second kappa shape index (κ2) is 5.92. The Hall–Kier alpha value is -2.41. The lowest BCUT2D eigenvalue weighted by Crippen LogP contribution is -2.55. The van der Waals surface area contributed by atoms with E-state index in [-0.39, 0.29) is 0 Å². The Morgan fingerprint density at radius 1 is 1.33 bits per heavy atom. The molecule has 0 spiro atoms. The zero-order valence-electron chi connectivity index (χ0n) is 11.6. The van der Waals surface area contributed by atoms with Crippen molar-refractivity contribution >= 4 is 17.9 Å². The van der Waals surface area contributed by atoms with Crippen LogP contribution in [0, 0.1) is 0 Å². The van der Waals surface area contributed by atoms with Gasteiger partial charge in [0.25, 0.3) is 0 Å². The van der Waals surface area contributed by atoms with Crippen molar-refractivity contribution < 1.29 is 19.5 Å². The van der Waals surface area contributed by atoms with Gasteiger partial charge >= 0.3 is 12.0 Å². The molecule has 3 amide bonds. The molecule has 0 radical (unpaired) electrons. The second-order valence-electron chi connectivity index (χ2n) is 5.03. The molecule has 21 heavy (non-hydrogen) atoms. The highest BCUT2D eigenvalue weighted by molar-refractivity contribution is 5.96. The van der Waals surface area contributed by atoms with E-state index in [1.165, 1.54) is 0 Å². The van der Waals surface area contributed by atoms with Gasteiger partial charge in [-0.25, -0.2) is 4.79 Å². The van der Waals surface area contributed by atoms with Crippen molar-refractivity contribution in [2.45, 2.75) is 32.0 Å². The number of carbonyl (C=O) groups excluding carboxylic acids is 2. The van der Waals surface area contributed by atoms with Gasteiger partial charge in [0.1, 0.15) is 6.04 Å². The highest BCUT2D eigenvalue weighted by Gasteiger charge is 2.36. The molecular weight excluding hydrogens is 274 g/mol. The Kier molecular flexibility index (Phi) is 4.23. The number of rotatable bonds is 3. The van der Waals surface area contributed by atoms with Crippen LogP contribution in [0.4, 0.5) is 4.79 Å². The molecule has 1 aliphatic heterocycles. The number of carboxylic acid groups (broad SMARTS) is 1. The number of carboxylic acids is 1. The summed E-state index contributed by atoms with van der Waals surface area (Å²) in [7, 11) is 0. The third-order valence-corrected chi connectivity index (χ3v) is 3.69. The quantitative estimate of drug-likeness (QED) is 0.730.